The molecule has 114 valence electrons. The molecule has 1 aromatic heterocycles. The molecule has 2 aromatic rings. The number of rotatable bonds is 4. The molecule has 0 aliphatic carbocycles. The Labute approximate surface area is 129 Å². The Hall–Kier alpha value is -2.56. The molecule has 0 fully saturated rings. The van der Waals surface area contributed by atoms with Gasteiger partial charge in [0.15, 0.2) is 0 Å². The zero-order valence-electron chi connectivity index (χ0n) is 12.4. The Balaban J connectivity index is 1.72. The fraction of sp³-hybridized carbons (Fsp3) is 0.294. The number of benzene rings is 1. The predicted molar refractivity (Wildman–Crippen MR) is 82.1 cm³/mol. The maximum absolute atomic E-state index is 11.2. The largest absolute Gasteiger partial charge is 0.497 e. The van der Waals surface area contributed by atoms with Crippen LogP contribution in [0.4, 0.5) is 0 Å². The molecule has 0 saturated carbocycles. The summed E-state index contributed by atoms with van der Waals surface area (Å²) in [4.78, 5) is 15.3. The lowest BCUT2D eigenvalue weighted by atomic mass is 9.91. The summed E-state index contributed by atoms with van der Waals surface area (Å²) in [5.74, 6) is 1.59. The molecule has 3 rings (SSSR count). The van der Waals surface area contributed by atoms with E-state index in [0.717, 1.165) is 29.9 Å². The number of methoxy groups -OCH3 is 1. The van der Waals surface area contributed by atoms with E-state index in [1.165, 1.54) is 11.8 Å². The number of hydrogen-bond acceptors (Lipinski definition) is 4. The van der Waals surface area contributed by atoms with Crippen molar-refractivity contribution < 1.29 is 14.3 Å². The maximum atomic E-state index is 11.2. The van der Waals surface area contributed by atoms with Crippen molar-refractivity contribution in [1.82, 2.24) is 4.98 Å². The first kappa shape index (κ1) is 14.4. The molecular weight excluding hydrogens is 280 g/mol. The highest BCUT2D eigenvalue weighted by Crippen LogP contribution is 2.32. The van der Waals surface area contributed by atoms with Crippen LogP contribution in [0.3, 0.4) is 0 Å². The molecule has 22 heavy (non-hydrogen) atoms. The minimum atomic E-state index is -0.452. The molecule has 1 aliphatic heterocycles. The standard InChI is InChI=1S/C17H18N2O3/c1-21-15-3-2-13-6-12(10-22-16(13)7-15)4-11-5-14(17(18)20)9-19-8-11/h2-3,5,7-9,12H,4,6,10H2,1H3,(H2,18,20)/t12-/m1/s1. The molecule has 0 spiro atoms. The first-order valence-electron chi connectivity index (χ1n) is 7.19. The van der Waals surface area contributed by atoms with E-state index >= 15 is 0 Å². The third-order valence-electron chi connectivity index (χ3n) is 3.86. The average Bonchev–Trinajstić information content (AvgIpc) is 2.54. The first-order valence-corrected chi connectivity index (χ1v) is 7.19. The van der Waals surface area contributed by atoms with Crippen LogP contribution >= 0.6 is 0 Å². The number of carbonyl (C=O) groups is 1. The number of nitrogens with two attached hydrogens (primary N) is 1. The molecule has 1 aromatic carbocycles. The van der Waals surface area contributed by atoms with Crippen LogP contribution in [-0.2, 0) is 12.8 Å². The zero-order chi connectivity index (χ0) is 15.5. The lowest BCUT2D eigenvalue weighted by Crippen LogP contribution is -2.23. The lowest BCUT2D eigenvalue weighted by molar-refractivity contribution is 0.1000. The van der Waals surface area contributed by atoms with E-state index in [0.29, 0.717) is 18.1 Å². The van der Waals surface area contributed by atoms with E-state index in [1.807, 2.05) is 18.2 Å². The summed E-state index contributed by atoms with van der Waals surface area (Å²) in [6.45, 7) is 0.640. The van der Waals surface area contributed by atoms with Crippen LogP contribution in [0, 0.1) is 5.92 Å². The van der Waals surface area contributed by atoms with Gasteiger partial charge in [0, 0.05) is 24.4 Å². The van der Waals surface area contributed by atoms with Crippen LogP contribution in [0.25, 0.3) is 0 Å². The molecule has 5 nitrogen and oxygen atoms in total. The Kier molecular flexibility index (Phi) is 3.96. The summed E-state index contributed by atoms with van der Waals surface area (Å²) in [7, 11) is 1.64. The normalized spacial score (nSPS) is 16.5. The highest BCUT2D eigenvalue weighted by Gasteiger charge is 2.21. The van der Waals surface area contributed by atoms with Crippen molar-refractivity contribution in [3.05, 3.63) is 53.3 Å². The summed E-state index contributed by atoms with van der Waals surface area (Å²) >= 11 is 0. The molecule has 1 atom stereocenters. The molecule has 5 heteroatoms. The quantitative estimate of drug-likeness (QED) is 0.936. The van der Waals surface area contributed by atoms with Crippen molar-refractivity contribution in [1.29, 1.82) is 0 Å². The topological polar surface area (TPSA) is 74.4 Å². The number of hydrogen-bond donors (Lipinski definition) is 1. The van der Waals surface area contributed by atoms with E-state index in [4.69, 9.17) is 15.2 Å². The molecule has 1 amide bonds. The smallest absolute Gasteiger partial charge is 0.250 e. The van der Waals surface area contributed by atoms with E-state index in [2.05, 4.69) is 4.98 Å². The van der Waals surface area contributed by atoms with Gasteiger partial charge in [-0.2, -0.15) is 0 Å². The van der Waals surface area contributed by atoms with Crippen molar-refractivity contribution in [2.24, 2.45) is 11.7 Å². The summed E-state index contributed by atoms with van der Waals surface area (Å²) in [6, 6.07) is 7.71. The maximum Gasteiger partial charge on any atom is 0.250 e. The Bertz CT molecular complexity index is 700. The van der Waals surface area contributed by atoms with Crippen molar-refractivity contribution in [2.75, 3.05) is 13.7 Å². The molecule has 2 heterocycles. The van der Waals surface area contributed by atoms with Crippen molar-refractivity contribution in [3.8, 4) is 11.5 Å². The molecule has 0 saturated heterocycles. The highest BCUT2D eigenvalue weighted by molar-refractivity contribution is 5.92. The number of pyridine rings is 1. The van der Waals surface area contributed by atoms with E-state index < -0.39 is 5.91 Å². The number of amides is 1. The van der Waals surface area contributed by atoms with Crippen LogP contribution in [0.2, 0.25) is 0 Å². The van der Waals surface area contributed by atoms with E-state index in [9.17, 15) is 4.79 Å². The van der Waals surface area contributed by atoms with Crippen LogP contribution in [0.5, 0.6) is 11.5 Å². The summed E-state index contributed by atoms with van der Waals surface area (Å²) in [5, 5.41) is 0. The third kappa shape index (κ3) is 3.03. The summed E-state index contributed by atoms with van der Waals surface area (Å²) < 4.78 is 11.0. The Morgan fingerprint density at radius 1 is 1.41 bits per heavy atom. The van der Waals surface area contributed by atoms with Gasteiger partial charge in [0.2, 0.25) is 5.91 Å². The number of primary amides is 1. The predicted octanol–water partition coefficient (Wildman–Crippen LogP) is 1.98. The van der Waals surface area contributed by atoms with Crippen LogP contribution in [-0.4, -0.2) is 24.6 Å². The van der Waals surface area contributed by atoms with Crippen LogP contribution in [0.1, 0.15) is 21.5 Å². The second-order valence-corrected chi connectivity index (χ2v) is 5.51. The molecule has 1 aliphatic rings. The van der Waals surface area contributed by atoms with Gasteiger partial charge in [-0.1, -0.05) is 6.07 Å². The first-order chi connectivity index (χ1) is 10.7. The van der Waals surface area contributed by atoms with E-state index in [1.54, 1.807) is 19.4 Å². The molecular formula is C17H18N2O3. The fourth-order valence-corrected chi connectivity index (χ4v) is 2.74. The molecule has 2 N–H and O–H groups in total. The third-order valence-corrected chi connectivity index (χ3v) is 3.86. The van der Waals surface area contributed by atoms with Crippen LogP contribution in [0.15, 0.2) is 36.7 Å². The van der Waals surface area contributed by atoms with Gasteiger partial charge in [0.1, 0.15) is 11.5 Å². The Morgan fingerprint density at radius 2 is 2.27 bits per heavy atom. The van der Waals surface area contributed by atoms with Gasteiger partial charge in [0.25, 0.3) is 0 Å². The summed E-state index contributed by atoms with van der Waals surface area (Å²) in [6.07, 6.45) is 5.00. The van der Waals surface area contributed by atoms with Gasteiger partial charge >= 0.3 is 0 Å². The second kappa shape index (κ2) is 6.05. The SMILES string of the molecule is COc1ccc2c(c1)OC[C@H](Cc1cncc(C(N)=O)c1)C2. The molecule has 0 unspecified atom stereocenters. The number of ether oxygens (including phenoxy) is 2. The minimum Gasteiger partial charge on any atom is -0.497 e. The lowest BCUT2D eigenvalue weighted by Gasteiger charge is -2.25. The van der Waals surface area contributed by atoms with E-state index in [-0.39, 0.29) is 0 Å². The average molecular weight is 298 g/mol. The van der Waals surface area contributed by atoms with Gasteiger partial charge in [-0.05, 0) is 36.1 Å². The zero-order valence-corrected chi connectivity index (χ0v) is 12.4. The number of aromatic nitrogens is 1. The van der Waals surface area contributed by atoms with Crippen molar-refractivity contribution >= 4 is 5.91 Å². The Morgan fingerprint density at radius 3 is 3.05 bits per heavy atom. The number of nitrogens with zero attached hydrogens (tertiary/aromatic N) is 1. The number of carbonyl (C=O) groups excluding carboxylic acids is 1. The van der Waals surface area contributed by atoms with Gasteiger partial charge in [-0.15, -0.1) is 0 Å². The number of fused-ring (bicyclic) bond motifs is 1. The monoisotopic (exact) mass is 298 g/mol. The van der Waals surface area contributed by atoms with Gasteiger partial charge in [0.05, 0.1) is 19.3 Å². The van der Waals surface area contributed by atoms with Gasteiger partial charge in [-0.25, -0.2) is 0 Å². The fourth-order valence-electron chi connectivity index (χ4n) is 2.74. The van der Waals surface area contributed by atoms with Crippen molar-refractivity contribution in [2.45, 2.75) is 12.8 Å². The second-order valence-electron chi connectivity index (χ2n) is 5.51. The van der Waals surface area contributed by atoms with Crippen LogP contribution < -0.4 is 15.2 Å². The summed E-state index contributed by atoms with van der Waals surface area (Å²) in [5.41, 5.74) is 7.91. The van der Waals surface area contributed by atoms with Gasteiger partial charge < -0.3 is 15.2 Å². The van der Waals surface area contributed by atoms with Crippen molar-refractivity contribution in [3.63, 3.8) is 0 Å². The molecule has 0 radical (unpaired) electrons. The van der Waals surface area contributed by atoms with Gasteiger partial charge in [-0.3, -0.25) is 9.78 Å². The molecule has 0 bridgehead atoms. The minimum absolute atomic E-state index is 0.353. The highest BCUT2D eigenvalue weighted by atomic mass is 16.5.